The van der Waals surface area contributed by atoms with Crippen LogP contribution in [0.4, 0.5) is 5.82 Å². The number of nitro groups is 1. The molecular formula is C18H18N6O4. The van der Waals surface area contributed by atoms with E-state index in [1.165, 1.54) is 36.8 Å². The summed E-state index contributed by atoms with van der Waals surface area (Å²) in [6.07, 6.45) is 5.67. The number of H-pyrrole nitrogens is 3. The number of nitrogens with one attached hydrogen (secondary N) is 3. The van der Waals surface area contributed by atoms with Crippen molar-refractivity contribution in [2.45, 2.75) is 26.2 Å². The normalized spacial score (nSPS) is 13.1. The fraction of sp³-hybridized carbons (Fsp3) is 0.222. The Morgan fingerprint density at radius 1 is 1.04 bits per heavy atom. The summed E-state index contributed by atoms with van der Waals surface area (Å²) in [5.41, 5.74) is 0.600. The summed E-state index contributed by atoms with van der Waals surface area (Å²) in [6.45, 7) is 6.00. The fourth-order valence-electron chi connectivity index (χ4n) is 2.61. The maximum Gasteiger partial charge on any atom is 0.363 e. The van der Waals surface area contributed by atoms with Crippen LogP contribution in [0.3, 0.4) is 0 Å². The third-order valence-corrected chi connectivity index (χ3v) is 3.95. The SMILES string of the molecule is CC(C)(C)c1[nH]cnc1/C=c1\[nH]c(=O)/c(=C/c2ccc([N+](=O)[O-])nc2)[nH]c1=O. The molecule has 0 radical (unpaired) electrons. The fourth-order valence-corrected chi connectivity index (χ4v) is 2.61. The van der Waals surface area contributed by atoms with Crippen molar-refractivity contribution in [2.24, 2.45) is 0 Å². The molecule has 3 heterocycles. The molecule has 10 heteroatoms. The molecule has 3 aromatic heterocycles. The molecule has 0 aliphatic carbocycles. The average Bonchev–Trinajstić information content (AvgIpc) is 3.08. The molecule has 0 atom stereocenters. The summed E-state index contributed by atoms with van der Waals surface area (Å²) in [6, 6.07) is 2.65. The van der Waals surface area contributed by atoms with Gasteiger partial charge in [-0.3, -0.25) is 9.59 Å². The molecule has 0 bridgehead atoms. The van der Waals surface area contributed by atoms with E-state index in [0.29, 0.717) is 11.3 Å². The highest BCUT2D eigenvalue weighted by Gasteiger charge is 2.19. The lowest BCUT2D eigenvalue weighted by Gasteiger charge is -2.16. The summed E-state index contributed by atoms with van der Waals surface area (Å²) < 4.78 is 0. The lowest BCUT2D eigenvalue weighted by molar-refractivity contribution is -0.389. The van der Waals surface area contributed by atoms with E-state index < -0.39 is 16.0 Å². The van der Waals surface area contributed by atoms with Crippen molar-refractivity contribution in [3.05, 3.63) is 83.1 Å². The second-order valence-corrected chi connectivity index (χ2v) is 7.14. The molecule has 0 aliphatic heterocycles. The van der Waals surface area contributed by atoms with Gasteiger partial charge in [-0.25, -0.2) is 4.98 Å². The van der Waals surface area contributed by atoms with Gasteiger partial charge < -0.3 is 25.1 Å². The minimum atomic E-state index is -0.621. The number of hydrogen-bond acceptors (Lipinski definition) is 6. The van der Waals surface area contributed by atoms with Gasteiger partial charge in [0.2, 0.25) is 0 Å². The first-order valence-electron chi connectivity index (χ1n) is 8.35. The molecule has 0 saturated heterocycles. The van der Waals surface area contributed by atoms with E-state index in [4.69, 9.17) is 0 Å². The van der Waals surface area contributed by atoms with Gasteiger partial charge in [0, 0.05) is 22.7 Å². The van der Waals surface area contributed by atoms with E-state index in [1.807, 2.05) is 20.8 Å². The maximum absolute atomic E-state index is 12.4. The number of hydrogen-bond donors (Lipinski definition) is 3. The molecule has 0 saturated carbocycles. The van der Waals surface area contributed by atoms with E-state index in [9.17, 15) is 19.7 Å². The Bertz CT molecular complexity index is 1260. The molecule has 0 unspecified atom stereocenters. The first-order valence-corrected chi connectivity index (χ1v) is 8.35. The first-order chi connectivity index (χ1) is 13.1. The predicted molar refractivity (Wildman–Crippen MR) is 102 cm³/mol. The van der Waals surface area contributed by atoms with E-state index in [0.717, 1.165) is 5.69 Å². The van der Waals surface area contributed by atoms with Crippen molar-refractivity contribution >= 4 is 18.0 Å². The van der Waals surface area contributed by atoms with E-state index in [1.54, 1.807) is 0 Å². The van der Waals surface area contributed by atoms with Crippen molar-refractivity contribution in [3.63, 3.8) is 0 Å². The van der Waals surface area contributed by atoms with Crippen LogP contribution in [0.5, 0.6) is 0 Å². The van der Waals surface area contributed by atoms with Crippen LogP contribution in [0.25, 0.3) is 12.2 Å². The zero-order valence-electron chi connectivity index (χ0n) is 15.4. The highest BCUT2D eigenvalue weighted by atomic mass is 16.6. The van der Waals surface area contributed by atoms with Crippen LogP contribution in [-0.4, -0.2) is 29.8 Å². The number of aromatic nitrogens is 5. The van der Waals surface area contributed by atoms with Gasteiger partial charge in [0.25, 0.3) is 11.1 Å². The molecule has 0 fully saturated rings. The van der Waals surface area contributed by atoms with Gasteiger partial charge in [-0.05, 0) is 28.1 Å². The Morgan fingerprint density at radius 2 is 1.68 bits per heavy atom. The van der Waals surface area contributed by atoms with Crippen LogP contribution >= 0.6 is 0 Å². The molecule has 0 spiro atoms. The van der Waals surface area contributed by atoms with Gasteiger partial charge >= 0.3 is 5.82 Å². The molecular weight excluding hydrogens is 364 g/mol. The Labute approximate surface area is 157 Å². The molecule has 0 aromatic carbocycles. The van der Waals surface area contributed by atoms with E-state index >= 15 is 0 Å². The topological polar surface area (TPSA) is 150 Å². The molecule has 3 rings (SSSR count). The quantitative estimate of drug-likeness (QED) is 0.430. The van der Waals surface area contributed by atoms with Crippen LogP contribution in [0.15, 0.2) is 34.2 Å². The molecule has 3 N–H and O–H groups in total. The molecule has 3 aromatic rings. The van der Waals surface area contributed by atoms with Gasteiger partial charge in [-0.2, -0.15) is 0 Å². The summed E-state index contributed by atoms with van der Waals surface area (Å²) >= 11 is 0. The van der Waals surface area contributed by atoms with Gasteiger partial charge in [-0.1, -0.05) is 20.8 Å². The molecule has 0 amide bonds. The summed E-state index contributed by atoms with van der Waals surface area (Å²) in [7, 11) is 0. The number of imidazole rings is 1. The summed E-state index contributed by atoms with van der Waals surface area (Å²) in [5, 5.41) is 10.7. The largest absolute Gasteiger partial charge is 0.363 e. The van der Waals surface area contributed by atoms with Crippen LogP contribution in [-0.2, 0) is 5.41 Å². The van der Waals surface area contributed by atoms with Gasteiger partial charge in [0.1, 0.15) is 16.9 Å². The Balaban J connectivity index is 2.07. The Kier molecular flexibility index (Phi) is 4.78. The number of aromatic amines is 3. The first kappa shape index (κ1) is 19.0. The third-order valence-electron chi connectivity index (χ3n) is 3.95. The van der Waals surface area contributed by atoms with Gasteiger partial charge in [0.15, 0.2) is 0 Å². The monoisotopic (exact) mass is 382 g/mol. The van der Waals surface area contributed by atoms with E-state index in [2.05, 4.69) is 24.9 Å². The second kappa shape index (κ2) is 7.06. The van der Waals surface area contributed by atoms with Crippen molar-refractivity contribution in [1.82, 2.24) is 24.9 Å². The van der Waals surface area contributed by atoms with E-state index in [-0.39, 0.29) is 21.9 Å². The van der Waals surface area contributed by atoms with Crippen molar-refractivity contribution in [1.29, 1.82) is 0 Å². The Morgan fingerprint density at radius 3 is 2.21 bits per heavy atom. The van der Waals surface area contributed by atoms with Crippen LogP contribution in [0, 0.1) is 10.1 Å². The lowest BCUT2D eigenvalue weighted by Crippen LogP contribution is -2.46. The molecule has 144 valence electrons. The maximum atomic E-state index is 12.4. The van der Waals surface area contributed by atoms with Gasteiger partial charge in [0.05, 0.1) is 12.0 Å². The smallest absolute Gasteiger partial charge is 0.358 e. The van der Waals surface area contributed by atoms with Gasteiger partial charge in [-0.15, -0.1) is 0 Å². The predicted octanol–water partition coefficient (Wildman–Crippen LogP) is 0.0446. The average molecular weight is 382 g/mol. The molecule has 0 aliphatic rings. The summed E-state index contributed by atoms with van der Waals surface area (Å²) in [5.74, 6) is -0.307. The minimum absolute atomic E-state index is 0.0101. The molecule has 10 nitrogen and oxygen atoms in total. The number of rotatable bonds is 3. The van der Waals surface area contributed by atoms with Crippen LogP contribution in [0.2, 0.25) is 0 Å². The molecule has 28 heavy (non-hydrogen) atoms. The standard InChI is InChI=1S/C18H18N6O4/c1-18(2,3)15-11(20-9-21-15)7-13-17(26)22-12(16(25)23-13)6-10-4-5-14(19-8-10)24(27)28/h4-9H,1-3H3,(H,20,21)(H,22,26)(H,23,25)/b12-6-,13-7-. The minimum Gasteiger partial charge on any atom is -0.358 e. The number of nitrogens with zero attached hydrogens (tertiary/aromatic N) is 3. The highest BCUT2D eigenvalue weighted by Crippen LogP contribution is 2.22. The lowest BCUT2D eigenvalue weighted by atomic mass is 9.90. The van der Waals surface area contributed by atoms with Crippen molar-refractivity contribution < 1.29 is 4.92 Å². The van der Waals surface area contributed by atoms with Crippen LogP contribution < -0.4 is 21.8 Å². The van der Waals surface area contributed by atoms with Crippen molar-refractivity contribution in [2.75, 3.05) is 0 Å². The van der Waals surface area contributed by atoms with Crippen LogP contribution in [0.1, 0.15) is 37.7 Å². The van der Waals surface area contributed by atoms with Crippen molar-refractivity contribution in [3.8, 4) is 0 Å². The Hall–Kier alpha value is -3.82. The second-order valence-electron chi connectivity index (χ2n) is 7.14. The third kappa shape index (κ3) is 3.95. The zero-order valence-corrected chi connectivity index (χ0v) is 15.4. The highest BCUT2D eigenvalue weighted by molar-refractivity contribution is 5.49. The zero-order chi connectivity index (χ0) is 20.5. The number of pyridine rings is 1. The summed E-state index contributed by atoms with van der Waals surface area (Å²) in [4.78, 5) is 50.7.